The molecule has 0 saturated carbocycles. The average Bonchev–Trinajstić information content (AvgIpc) is 3.42. The van der Waals surface area contributed by atoms with Crippen LogP contribution in [-0.2, 0) is 0 Å². The maximum atomic E-state index is 14.8. The Morgan fingerprint density at radius 2 is 0.338 bits per heavy atom. The van der Waals surface area contributed by atoms with E-state index in [0.29, 0.717) is 66.8 Å². The normalized spacial score (nSPS) is 13.9. The van der Waals surface area contributed by atoms with Crippen molar-refractivity contribution >= 4 is 34.7 Å². The molecule has 0 aromatic heterocycles. The highest BCUT2D eigenvalue weighted by atomic mass is 16.1. The second-order valence-electron chi connectivity index (χ2n) is 17.1. The molecule has 0 unspecified atom stereocenters. The molecule has 0 aliphatic heterocycles. The number of ketones is 6. The third-order valence-electron chi connectivity index (χ3n) is 13.2. The van der Waals surface area contributed by atoms with Crippen molar-refractivity contribution in [3.63, 3.8) is 0 Å². The molecule has 68 heavy (non-hydrogen) atoms. The van der Waals surface area contributed by atoms with Gasteiger partial charge in [0.15, 0.2) is 34.7 Å². The molecule has 2 bridgehead atoms. The van der Waals surface area contributed by atoms with Crippen molar-refractivity contribution in [2.45, 2.75) is 11.8 Å². The molecule has 0 heterocycles. The van der Waals surface area contributed by atoms with Gasteiger partial charge in [0.1, 0.15) is 0 Å². The molecule has 322 valence electrons. The fraction of sp³-hybridized carbons (Fsp3) is 0.0323. The van der Waals surface area contributed by atoms with E-state index in [1.54, 1.807) is 182 Å². The van der Waals surface area contributed by atoms with E-state index in [1.165, 1.54) is 0 Å². The molecule has 12 rings (SSSR count). The summed E-state index contributed by atoms with van der Waals surface area (Å²) >= 11 is 0. The van der Waals surface area contributed by atoms with Crippen molar-refractivity contribution in [3.05, 3.63) is 319 Å². The van der Waals surface area contributed by atoms with E-state index in [2.05, 4.69) is 0 Å². The van der Waals surface area contributed by atoms with Crippen LogP contribution in [0.2, 0.25) is 0 Å². The maximum absolute atomic E-state index is 14.8. The molecule has 6 heteroatoms. The van der Waals surface area contributed by atoms with E-state index in [-0.39, 0.29) is 68.1 Å². The van der Waals surface area contributed by atoms with E-state index >= 15 is 0 Å². The largest absolute Gasteiger partial charge is 0.289 e. The van der Waals surface area contributed by atoms with Gasteiger partial charge in [0.25, 0.3) is 0 Å². The number of benzene rings is 9. The first kappa shape index (κ1) is 41.7. The van der Waals surface area contributed by atoms with Crippen LogP contribution in [-0.4, -0.2) is 34.7 Å². The molecule has 0 spiro atoms. The monoisotopic (exact) mass is 878 g/mol. The minimum Gasteiger partial charge on any atom is -0.289 e. The first-order valence-electron chi connectivity index (χ1n) is 22.4. The van der Waals surface area contributed by atoms with Crippen LogP contribution < -0.4 is 0 Å². The molecule has 0 atom stereocenters. The Morgan fingerprint density at radius 1 is 0.206 bits per heavy atom. The summed E-state index contributed by atoms with van der Waals surface area (Å²) in [6.07, 6.45) is 0. The lowest BCUT2D eigenvalue weighted by Gasteiger charge is -2.43. The molecular formula is C62H38O6. The molecule has 6 nitrogen and oxygen atoms in total. The van der Waals surface area contributed by atoms with E-state index in [0.717, 1.165) is 0 Å². The first-order valence-corrected chi connectivity index (χ1v) is 22.4. The lowest BCUT2D eigenvalue weighted by Crippen LogP contribution is -2.31. The lowest BCUT2D eigenvalue weighted by atomic mass is 9.59. The van der Waals surface area contributed by atoms with Crippen LogP contribution in [0.3, 0.4) is 0 Å². The topological polar surface area (TPSA) is 102 Å². The van der Waals surface area contributed by atoms with Gasteiger partial charge >= 0.3 is 0 Å². The van der Waals surface area contributed by atoms with Gasteiger partial charge in [-0.05, 0) is 69.8 Å². The third kappa shape index (κ3) is 7.07. The van der Waals surface area contributed by atoms with E-state index in [9.17, 15) is 28.8 Å². The molecule has 3 aliphatic carbocycles. The molecule has 9 aromatic carbocycles. The lowest BCUT2D eigenvalue weighted by molar-refractivity contribution is 0.100. The van der Waals surface area contributed by atoms with Gasteiger partial charge in [-0.2, -0.15) is 0 Å². The van der Waals surface area contributed by atoms with Gasteiger partial charge in [0, 0.05) is 78.6 Å². The molecule has 0 fully saturated rings. The number of carbonyl (C=O) groups is 6. The predicted molar refractivity (Wildman–Crippen MR) is 260 cm³/mol. The van der Waals surface area contributed by atoms with Crippen molar-refractivity contribution in [3.8, 4) is 0 Å². The van der Waals surface area contributed by atoms with Gasteiger partial charge in [-0.15, -0.1) is 0 Å². The Balaban J connectivity index is 1.22. The Morgan fingerprint density at radius 3 is 0.471 bits per heavy atom. The molecule has 9 aromatic rings. The molecule has 3 aliphatic rings. The van der Waals surface area contributed by atoms with Crippen LogP contribution in [0.1, 0.15) is 141 Å². The fourth-order valence-corrected chi connectivity index (χ4v) is 10.0. The third-order valence-corrected chi connectivity index (χ3v) is 13.2. The van der Waals surface area contributed by atoms with E-state index in [1.807, 2.05) is 36.4 Å². The number of hydrogen-bond acceptors (Lipinski definition) is 6. The highest BCUT2D eigenvalue weighted by molar-refractivity contribution is 6.22. The summed E-state index contributed by atoms with van der Waals surface area (Å²) in [4.78, 5) is 88.7. The van der Waals surface area contributed by atoms with E-state index in [4.69, 9.17) is 0 Å². The van der Waals surface area contributed by atoms with Gasteiger partial charge in [-0.1, -0.05) is 182 Å². The molecular weight excluding hydrogens is 841 g/mol. The second kappa shape index (κ2) is 17.1. The molecule has 0 amide bonds. The maximum Gasteiger partial charge on any atom is 0.193 e. The standard InChI is InChI=1S/C62H38O6/c63-57(37-19-7-1-8-20-37)49-31-43-44(32-50(49)58(64)38-21-9-2-10-22-38)56-47-35-53(61(67)41-27-15-5-16-28-41)51(59(65)39-23-11-3-12-24-39)33-45(47)55(43)46-34-52(60(66)40-25-13-4-14-26-40)54(36-48(46)56)62(68)42-29-17-6-18-30-42/h1-36,55-56H. The average molecular weight is 879 g/mol. The Kier molecular flexibility index (Phi) is 10.5. The quantitative estimate of drug-likeness (QED) is 0.113. The van der Waals surface area contributed by atoms with Gasteiger partial charge in [0.05, 0.1) is 0 Å². The fourth-order valence-electron chi connectivity index (χ4n) is 10.0. The summed E-state index contributed by atoms with van der Waals surface area (Å²) in [6, 6.07) is 63.6. The number of hydrogen-bond donors (Lipinski definition) is 0. The van der Waals surface area contributed by atoms with Crippen LogP contribution in [0, 0.1) is 0 Å². The first-order chi connectivity index (χ1) is 33.3. The number of carbonyl (C=O) groups excluding carboxylic acids is 6. The van der Waals surface area contributed by atoms with Crippen molar-refractivity contribution in [1.29, 1.82) is 0 Å². The van der Waals surface area contributed by atoms with Crippen molar-refractivity contribution in [1.82, 2.24) is 0 Å². The van der Waals surface area contributed by atoms with Crippen LogP contribution in [0.25, 0.3) is 0 Å². The summed E-state index contributed by atoms with van der Waals surface area (Å²) in [6.45, 7) is 0. The van der Waals surface area contributed by atoms with Crippen molar-refractivity contribution in [2.75, 3.05) is 0 Å². The van der Waals surface area contributed by atoms with Gasteiger partial charge < -0.3 is 0 Å². The minimum atomic E-state index is -0.713. The van der Waals surface area contributed by atoms with Crippen molar-refractivity contribution < 1.29 is 28.8 Å². The summed E-state index contributed by atoms with van der Waals surface area (Å²) < 4.78 is 0. The summed E-state index contributed by atoms with van der Waals surface area (Å²) in [5, 5.41) is 0. The van der Waals surface area contributed by atoms with Crippen LogP contribution >= 0.6 is 0 Å². The summed E-state index contributed by atoms with van der Waals surface area (Å²) in [7, 11) is 0. The zero-order chi connectivity index (χ0) is 46.5. The zero-order valence-electron chi connectivity index (χ0n) is 36.4. The molecule has 0 saturated heterocycles. The SMILES string of the molecule is O=C(c1ccccc1)c1cc2c(cc1C(=O)c1ccccc1)C1c3cc(C(=O)c4ccccc4)c(C(=O)c4ccccc4)cc3C2c2cc(C(=O)c3ccccc3)c(C(=O)c3ccccc3)cc21. The van der Waals surface area contributed by atoms with Gasteiger partial charge in [-0.3, -0.25) is 28.8 Å². The van der Waals surface area contributed by atoms with Crippen LogP contribution in [0.5, 0.6) is 0 Å². The second-order valence-corrected chi connectivity index (χ2v) is 17.1. The molecule has 0 radical (unpaired) electrons. The Labute approximate surface area is 392 Å². The summed E-state index contributed by atoms with van der Waals surface area (Å²) in [5.74, 6) is -3.50. The Bertz CT molecular complexity index is 2920. The zero-order valence-corrected chi connectivity index (χ0v) is 36.4. The Hall–Kier alpha value is -9.00. The highest BCUT2D eigenvalue weighted by Crippen LogP contribution is 2.57. The van der Waals surface area contributed by atoms with Crippen LogP contribution in [0.15, 0.2) is 218 Å². The van der Waals surface area contributed by atoms with Gasteiger partial charge in [-0.25, -0.2) is 0 Å². The van der Waals surface area contributed by atoms with Gasteiger partial charge in [0.2, 0.25) is 0 Å². The summed E-state index contributed by atoms with van der Waals surface area (Å²) in [5.41, 5.74) is 7.85. The van der Waals surface area contributed by atoms with E-state index < -0.39 is 11.8 Å². The van der Waals surface area contributed by atoms with Crippen molar-refractivity contribution in [2.24, 2.45) is 0 Å². The highest BCUT2D eigenvalue weighted by Gasteiger charge is 2.45. The predicted octanol–water partition coefficient (Wildman–Crippen LogP) is 12.1. The number of rotatable bonds is 12. The smallest absolute Gasteiger partial charge is 0.193 e. The van der Waals surface area contributed by atoms with Crippen LogP contribution in [0.4, 0.5) is 0 Å². The molecule has 0 N–H and O–H groups in total. The minimum absolute atomic E-state index is 0.201.